The van der Waals surface area contributed by atoms with Crippen LogP contribution in [0.3, 0.4) is 0 Å². The first kappa shape index (κ1) is 13.5. The Kier molecular flexibility index (Phi) is 3.98. The van der Waals surface area contributed by atoms with Gasteiger partial charge in [-0.25, -0.2) is 0 Å². The minimum Gasteiger partial charge on any atom is -0.382 e. The number of pyridine rings is 1. The SMILES string of the molecule is N=C(N)c1ncccc1CN1CCCN2CCCC2C1. The van der Waals surface area contributed by atoms with Crippen molar-refractivity contribution in [3.63, 3.8) is 0 Å². The summed E-state index contributed by atoms with van der Waals surface area (Å²) in [6.07, 6.45) is 5.60. The molecule has 0 amide bonds. The fraction of sp³-hybridized carbons (Fsp3) is 0.600. The summed E-state index contributed by atoms with van der Waals surface area (Å²) in [5.41, 5.74) is 7.34. The largest absolute Gasteiger partial charge is 0.382 e. The second-order valence-electron chi connectivity index (χ2n) is 5.85. The van der Waals surface area contributed by atoms with Gasteiger partial charge in [-0.3, -0.25) is 20.2 Å². The zero-order valence-corrected chi connectivity index (χ0v) is 11.9. The van der Waals surface area contributed by atoms with E-state index in [1.54, 1.807) is 6.20 Å². The normalized spacial score (nSPS) is 24.3. The van der Waals surface area contributed by atoms with E-state index in [2.05, 4.69) is 14.8 Å². The third kappa shape index (κ3) is 2.83. The van der Waals surface area contributed by atoms with E-state index in [-0.39, 0.29) is 5.84 Å². The third-order valence-corrected chi connectivity index (χ3v) is 4.43. The van der Waals surface area contributed by atoms with Crippen LogP contribution in [0.2, 0.25) is 0 Å². The molecular weight excluding hydrogens is 250 g/mol. The average Bonchev–Trinajstić information content (AvgIpc) is 2.78. The minimum atomic E-state index is 0.0675. The summed E-state index contributed by atoms with van der Waals surface area (Å²) in [5, 5.41) is 7.64. The topological polar surface area (TPSA) is 69.2 Å². The van der Waals surface area contributed by atoms with Gasteiger partial charge < -0.3 is 5.73 Å². The van der Waals surface area contributed by atoms with Crippen molar-refractivity contribution in [2.75, 3.05) is 26.2 Å². The van der Waals surface area contributed by atoms with Crippen molar-refractivity contribution in [2.45, 2.75) is 31.8 Å². The maximum absolute atomic E-state index is 7.64. The monoisotopic (exact) mass is 273 g/mol. The van der Waals surface area contributed by atoms with Crippen LogP contribution in [0.4, 0.5) is 0 Å². The molecule has 3 heterocycles. The highest BCUT2D eigenvalue weighted by Gasteiger charge is 2.28. The minimum absolute atomic E-state index is 0.0675. The maximum Gasteiger partial charge on any atom is 0.142 e. The molecule has 5 heteroatoms. The van der Waals surface area contributed by atoms with Crippen LogP contribution >= 0.6 is 0 Å². The fourth-order valence-corrected chi connectivity index (χ4v) is 3.48. The Morgan fingerprint density at radius 1 is 1.35 bits per heavy atom. The standard InChI is InChI=1S/C15H23N5/c16-15(17)14-12(4-1-6-18-14)10-19-7-3-9-20-8-2-5-13(20)11-19/h1,4,6,13H,2-3,5,7-11H2,(H3,16,17). The van der Waals surface area contributed by atoms with E-state index in [1.807, 2.05) is 12.1 Å². The summed E-state index contributed by atoms with van der Waals surface area (Å²) < 4.78 is 0. The molecule has 2 fully saturated rings. The van der Waals surface area contributed by atoms with Gasteiger partial charge in [0.2, 0.25) is 0 Å². The van der Waals surface area contributed by atoms with Gasteiger partial charge in [-0.15, -0.1) is 0 Å². The van der Waals surface area contributed by atoms with E-state index in [4.69, 9.17) is 11.1 Å². The molecule has 1 aromatic heterocycles. The highest BCUT2D eigenvalue weighted by atomic mass is 15.3. The summed E-state index contributed by atoms with van der Waals surface area (Å²) in [5.74, 6) is 0.0675. The van der Waals surface area contributed by atoms with E-state index in [0.717, 1.165) is 31.2 Å². The number of fused-ring (bicyclic) bond motifs is 1. The number of hydrogen-bond donors (Lipinski definition) is 2. The van der Waals surface area contributed by atoms with Gasteiger partial charge in [0.1, 0.15) is 11.5 Å². The molecule has 0 saturated carbocycles. The molecule has 2 saturated heterocycles. The van der Waals surface area contributed by atoms with Crippen LogP contribution in [-0.4, -0.2) is 52.8 Å². The second-order valence-corrected chi connectivity index (χ2v) is 5.85. The number of nitrogens with zero attached hydrogens (tertiary/aromatic N) is 3. The Balaban J connectivity index is 1.72. The summed E-state index contributed by atoms with van der Waals surface area (Å²) in [6, 6.07) is 4.69. The smallest absolute Gasteiger partial charge is 0.142 e. The van der Waals surface area contributed by atoms with Crippen LogP contribution in [0.15, 0.2) is 18.3 Å². The number of rotatable bonds is 3. The van der Waals surface area contributed by atoms with Crippen molar-refractivity contribution in [3.05, 3.63) is 29.6 Å². The van der Waals surface area contributed by atoms with Crippen molar-refractivity contribution >= 4 is 5.84 Å². The molecule has 0 aromatic carbocycles. The van der Waals surface area contributed by atoms with Gasteiger partial charge in [0.25, 0.3) is 0 Å². The molecule has 1 aromatic rings. The molecular formula is C15H23N5. The Labute approximate surface area is 120 Å². The lowest BCUT2D eigenvalue weighted by molar-refractivity contribution is 0.215. The Bertz CT molecular complexity index is 487. The predicted molar refractivity (Wildman–Crippen MR) is 79.7 cm³/mol. The van der Waals surface area contributed by atoms with Crippen molar-refractivity contribution in [1.29, 1.82) is 5.41 Å². The van der Waals surface area contributed by atoms with Crippen LogP contribution in [0.25, 0.3) is 0 Å². The number of amidine groups is 1. The predicted octanol–water partition coefficient (Wildman–Crippen LogP) is 1.04. The Morgan fingerprint density at radius 2 is 2.20 bits per heavy atom. The van der Waals surface area contributed by atoms with E-state index < -0.39 is 0 Å². The van der Waals surface area contributed by atoms with Gasteiger partial charge in [0, 0.05) is 25.3 Å². The van der Waals surface area contributed by atoms with Crippen LogP contribution < -0.4 is 5.73 Å². The van der Waals surface area contributed by atoms with E-state index in [9.17, 15) is 0 Å². The lowest BCUT2D eigenvalue weighted by atomic mass is 10.1. The van der Waals surface area contributed by atoms with Gasteiger partial charge in [-0.05, 0) is 50.5 Å². The quantitative estimate of drug-likeness (QED) is 0.637. The number of nitrogens with two attached hydrogens (primary N) is 1. The molecule has 0 radical (unpaired) electrons. The second kappa shape index (κ2) is 5.89. The zero-order chi connectivity index (χ0) is 13.9. The lowest BCUT2D eigenvalue weighted by Crippen LogP contribution is -2.36. The molecule has 20 heavy (non-hydrogen) atoms. The average molecular weight is 273 g/mol. The van der Waals surface area contributed by atoms with Crippen LogP contribution in [0, 0.1) is 5.41 Å². The molecule has 0 spiro atoms. The summed E-state index contributed by atoms with van der Waals surface area (Å²) >= 11 is 0. The fourth-order valence-electron chi connectivity index (χ4n) is 3.48. The van der Waals surface area contributed by atoms with E-state index in [1.165, 1.54) is 32.4 Å². The number of aromatic nitrogens is 1. The molecule has 108 valence electrons. The van der Waals surface area contributed by atoms with Gasteiger partial charge in [0.15, 0.2) is 0 Å². The molecule has 5 nitrogen and oxygen atoms in total. The first-order valence-corrected chi connectivity index (χ1v) is 7.49. The molecule has 0 aliphatic carbocycles. The van der Waals surface area contributed by atoms with Gasteiger partial charge in [-0.2, -0.15) is 0 Å². The van der Waals surface area contributed by atoms with Gasteiger partial charge in [0.05, 0.1) is 0 Å². The van der Waals surface area contributed by atoms with Crippen LogP contribution in [0.5, 0.6) is 0 Å². The van der Waals surface area contributed by atoms with Crippen molar-refractivity contribution in [1.82, 2.24) is 14.8 Å². The highest BCUT2D eigenvalue weighted by molar-refractivity contribution is 5.94. The van der Waals surface area contributed by atoms with Crippen LogP contribution in [-0.2, 0) is 6.54 Å². The zero-order valence-electron chi connectivity index (χ0n) is 11.9. The van der Waals surface area contributed by atoms with E-state index in [0.29, 0.717) is 5.69 Å². The molecule has 2 aliphatic rings. The summed E-state index contributed by atoms with van der Waals surface area (Å²) in [7, 11) is 0. The highest BCUT2D eigenvalue weighted by Crippen LogP contribution is 2.22. The first-order chi connectivity index (χ1) is 9.74. The molecule has 0 bridgehead atoms. The van der Waals surface area contributed by atoms with E-state index >= 15 is 0 Å². The third-order valence-electron chi connectivity index (χ3n) is 4.43. The molecule has 1 atom stereocenters. The summed E-state index contributed by atoms with van der Waals surface area (Å²) in [4.78, 5) is 9.38. The Hall–Kier alpha value is -1.46. The number of nitrogen functional groups attached to an aromatic ring is 1. The van der Waals surface area contributed by atoms with Crippen LogP contribution in [0.1, 0.15) is 30.5 Å². The first-order valence-electron chi connectivity index (χ1n) is 7.49. The van der Waals surface area contributed by atoms with Gasteiger partial charge >= 0.3 is 0 Å². The number of nitrogens with one attached hydrogen (secondary N) is 1. The summed E-state index contributed by atoms with van der Waals surface area (Å²) in [6.45, 7) is 5.61. The Morgan fingerprint density at radius 3 is 3.05 bits per heavy atom. The molecule has 3 rings (SSSR count). The van der Waals surface area contributed by atoms with Crippen molar-refractivity contribution in [3.8, 4) is 0 Å². The van der Waals surface area contributed by atoms with Crippen molar-refractivity contribution < 1.29 is 0 Å². The molecule has 3 N–H and O–H groups in total. The van der Waals surface area contributed by atoms with Gasteiger partial charge in [-0.1, -0.05) is 6.07 Å². The molecule has 1 unspecified atom stereocenters. The molecule has 2 aliphatic heterocycles. The number of hydrogen-bond acceptors (Lipinski definition) is 4. The van der Waals surface area contributed by atoms with Crippen molar-refractivity contribution in [2.24, 2.45) is 5.73 Å². The lowest BCUT2D eigenvalue weighted by Gasteiger charge is -2.26. The maximum atomic E-state index is 7.64.